The number of aromatic nitrogens is 1. The van der Waals surface area contributed by atoms with E-state index in [9.17, 15) is 14.7 Å². The van der Waals surface area contributed by atoms with Gasteiger partial charge in [0.25, 0.3) is 0 Å². The molecule has 0 fully saturated rings. The fourth-order valence-electron chi connectivity index (χ4n) is 2.13. The van der Waals surface area contributed by atoms with Crippen LogP contribution in [0.2, 0.25) is 0 Å². The number of aliphatic carboxylic acids is 1. The summed E-state index contributed by atoms with van der Waals surface area (Å²) in [5.41, 5.74) is 1.63. The van der Waals surface area contributed by atoms with Crippen LogP contribution >= 0.6 is 11.8 Å². The second kappa shape index (κ2) is 9.74. The minimum Gasteiger partial charge on any atom is -0.548 e. The summed E-state index contributed by atoms with van der Waals surface area (Å²) in [7, 11) is 1.58. The van der Waals surface area contributed by atoms with Gasteiger partial charge in [-0.15, -0.1) is 11.8 Å². The molecule has 24 heavy (non-hydrogen) atoms. The fourth-order valence-corrected chi connectivity index (χ4v) is 3.27. The van der Waals surface area contributed by atoms with Crippen molar-refractivity contribution in [1.82, 2.24) is 10.3 Å². The second-order valence-electron chi connectivity index (χ2n) is 5.03. The van der Waals surface area contributed by atoms with Gasteiger partial charge in [-0.05, 0) is 31.2 Å². The number of amides is 1. The SMILES string of the molecule is COc1ccc2nc(C)cc(SCC(NC(C)=O)C(=O)[O-])c2c1.[K+]. The van der Waals surface area contributed by atoms with Crippen LogP contribution in [0.15, 0.2) is 29.2 Å². The Labute approximate surface area is 187 Å². The Morgan fingerprint density at radius 2 is 2.08 bits per heavy atom. The maximum Gasteiger partial charge on any atom is 1.00 e. The molecule has 0 radical (unpaired) electrons. The molecule has 0 aliphatic carbocycles. The predicted octanol–water partition coefficient (Wildman–Crippen LogP) is -2.10. The van der Waals surface area contributed by atoms with Gasteiger partial charge < -0.3 is 20.0 Å². The van der Waals surface area contributed by atoms with Gasteiger partial charge in [0.15, 0.2) is 0 Å². The van der Waals surface area contributed by atoms with E-state index < -0.39 is 17.9 Å². The summed E-state index contributed by atoms with van der Waals surface area (Å²) in [5, 5.41) is 14.4. The minimum absolute atomic E-state index is 0. The van der Waals surface area contributed by atoms with Gasteiger partial charge in [0.2, 0.25) is 5.91 Å². The molecule has 1 amide bonds. The zero-order valence-corrected chi connectivity index (χ0v) is 18.0. The number of nitrogens with zero attached hydrogens (tertiary/aromatic N) is 1. The number of carbonyl (C=O) groups excluding carboxylic acids is 2. The Bertz CT molecular complexity index is 754. The molecule has 1 aromatic carbocycles. The van der Waals surface area contributed by atoms with Crippen molar-refractivity contribution in [3.63, 3.8) is 0 Å². The van der Waals surface area contributed by atoms with Crippen molar-refractivity contribution >= 4 is 34.5 Å². The first kappa shape index (κ1) is 21.4. The Morgan fingerprint density at radius 1 is 1.38 bits per heavy atom. The Hall–Kier alpha value is -0.644. The average Bonchev–Trinajstić information content (AvgIpc) is 2.50. The van der Waals surface area contributed by atoms with E-state index in [1.54, 1.807) is 7.11 Å². The number of nitrogens with one attached hydrogen (secondary N) is 1. The fraction of sp³-hybridized carbons (Fsp3) is 0.312. The van der Waals surface area contributed by atoms with Crippen molar-refractivity contribution in [3.05, 3.63) is 30.0 Å². The Morgan fingerprint density at radius 3 is 2.67 bits per heavy atom. The van der Waals surface area contributed by atoms with E-state index in [0.717, 1.165) is 21.5 Å². The molecule has 1 aromatic heterocycles. The van der Waals surface area contributed by atoms with Gasteiger partial charge in [-0.2, -0.15) is 0 Å². The number of benzene rings is 1. The number of carboxylic acids is 1. The first-order chi connectivity index (χ1) is 10.9. The molecular formula is C16H17KN2O4S. The number of ether oxygens (including phenoxy) is 1. The summed E-state index contributed by atoms with van der Waals surface area (Å²) in [6.45, 7) is 3.15. The standard InChI is InChI=1S/C16H18N2O4S.K/c1-9-6-15(23-8-14(16(20)21)18-10(2)19)12-7-11(22-3)4-5-13(12)17-9;/h4-7,14H,8H2,1-3H3,(H,18,19)(H,20,21);/q;+1/p-1. The topological polar surface area (TPSA) is 91.3 Å². The molecule has 0 bridgehead atoms. The van der Waals surface area contributed by atoms with Crippen molar-refractivity contribution < 1.29 is 70.8 Å². The number of hydrogen-bond acceptors (Lipinski definition) is 6. The van der Waals surface area contributed by atoms with E-state index in [-0.39, 0.29) is 57.1 Å². The Kier molecular flexibility index (Phi) is 8.68. The molecule has 2 rings (SSSR count). The van der Waals surface area contributed by atoms with Crippen LogP contribution in [-0.4, -0.2) is 35.8 Å². The summed E-state index contributed by atoms with van der Waals surface area (Å²) in [5.74, 6) is -0.849. The summed E-state index contributed by atoms with van der Waals surface area (Å²) >= 11 is 1.33. The van der Waals surface area contributed by atoms with Crippen molar-refractivity contribution in [3.8, 4) is 5.75 Å². The zero-order chi connectivity index (χ0) is 17.0. The summed E-state index contributed by atoms with van der Waals surface area (Å²) in [6.07, 6.45) is 0. The summed E-state index contributed by atoms with van der Waals surface area (Å²) < 4.78 is 5.23. The van der Waals surface area contributed by atoms with E-state index in [4.69, 9.17) is 4.74 Å². The van der Waals surface area contributed by atoms with Gasteiger partial charge >= 0.3 is 51.4 Å². The number of hydrogen-bond donors (Lipinski definition) is 1. The molecule has 1 atom stereocenters. The predicted molar refractivity (Wildman–Crippen MR) is 86.4 cm³/mol. The first-order valence-electron chi connectivity index (χ1n) is 6.97. The van der Waals surface area contributed by atoms with Crippen molar-refractivity contribution in [2.75, 3.05) is 12.9 Å². The summed E-state index contributed by atoms with van der Waals surface area (Å²) in [4.78, 5) is 27.5. The van der Waals surface area contributed by atoms with Crippen LogP contribution in [0.25, 0.3) is 10.9 Å². The molecule has 0 saturated heterocycles. The molecule has 0 spiro atoms. The molecule has 122 valence electrons. The number of thioether (sulfide) groups is 1. The molecule has 1 unspecified atom stereocenters. The number of carboxylic acid groups (broad SMARTS) is 1. The van der Waals surface area contributed by atoms with Crippen LogP contribution in [0, 0.1) is 6.92 Å². The van der Waals surface area contributed by atoms with Crippen LogP contribution in [-0.2, 0) is 9.59 Å². The van der Waals surface area contributed by atoms with Crippen LogP contribution in [0.3, 0.4) is 0 Å². The van der Waals surface area contributed by atoms with Crippen molar-refractivity contribution in [2.45, 2.75) is 24.8 Å². The van der Waals surface area contributed by atoms with E-state index in [0.29, 0.717) is 5.75 Å². The second-order valence-corrected chi connectivity index (χ2v) is 6.09. The molecule has 6 nitrogen and oxygen atoms in total. The number of methoxy groups -OCH3 is 1. The average molecular weight is 372 g/mol. The third-order valence-electron chi connectivity index (χ3n) is 3.17. The van der Waals surface area contributed by atoms with Gasteiger partial charge in [-0.25, -0.2) is 0 Å². The molecule has 8 heteroatoms. The quantitative estimate of drug-likeness (QED) is 0.462. The third-order valence-corrected chi connectivity index (χ3v) is 4.32. The maximum absolute atomic E-state index is 11.1. The van der Waals surface area contributed by atoms with Crippen LogP contribution < -0.4 is 66.5 Å². The van der Waals surface area contributed by atoms with E-state index in [1.807, 2.05) is 31.2 Å². The molecule has 0 aliphatic rings. The van der Waals surface area contributed by atoms with Crippen molar-refractivity contribution in [1.29, 1.82) is 0 Å². The molecule has 0 aliphatic heterocycles. The third kappa shape index (κ3) is 5.71. The summed E-state index contributed by atoms with van der Waals surface area (Å²) in [6, 6.07) is 6.37. The van der Waals surface area contributed by atoms with Crippen LogP contribution in [0.4, 0.5) is 0 Å². The van der Waals surface area contributed by atoms with E-state index in [2.05, 4.69) is 10.3 Å². The molecular weight excluding hydrogens is 355 g/mol. The molecule has 0 saturated carbocycles. The van der Waals surface area contributed by atoms with E-state index >= 15 is 0 Å². The minimum atomic E-state index is -1.31. The first-order valence-corrected chi connectivity index (χ1v) is 7.95. The number of pyridine rings is 1. The van der Waals surface area contributed by atoms with Crippen LogP contribution in [0.5, 0.6) is 5.75 Å². The van der Waals surface area contributed by atoms with Crippen molar-refractivity contribution in [2.24, 2.45) is 0 Å². The van der Waals surface area contributed by atoms with Gasteiger partial charge in [-0.1, -0.05) is 0 Å². The molecule has 1 heterocycles. The van der Waals surface area contributed by atoms with Gasteiger partial charge in [-0.3, -0.25) is 9.78 Å². The molecule has 2 aromatic rings. The Balaban J connectivity index is 0.00000288. The molecule has 1 N–H and O–H groups in total. The van der Waals surface area contributed by atoms with E-state index in [1.165, 1.54) is 18.7 Å². The van der Waals surface area contributed by atoms with Gasteiger partial charge in [0.05, 0.1) is 24.6 Å². The monoisotopic (exact) mass is 372 g/mol. The smallest absolute Gasteiger partial charge is 0.548 e. The van der Waals surface area contributed by atoms with Gasteiger partial charge in [0.1, 0.15) is 5.75 Å². The van der Waals surface area contributed by atoms with Crippen LogP contribution in [0.1, 0.15) is 12.6 Å². The normalized spacial score (nSPS) is 11.5. The number of aryl methyl sites for hydroxylation is 1. The maximum atomic E-state index is 11.1. The largest absolute Gasteiger partial charge is 1.00 e. The number of carbonyl (C=O) groups is 2. The number of fused-ring (bicyclic) bond motifs is 1. The number of rotatable bonds is 6. The van der Waals surface area contributed by atoms with Gasteiger partial charge in [0, 0.05) is 28.7 Å². The zero-order valence-electron chi connectivity index (χ0n) is 14.1.